The van der Waals surface area contributed by atoms with Crippen LogP contribution in [0.4, 0.5) is 0 Å². The molecule has 0 saturated carbocycles. The summed E-state index contributed by atoms with van der Waals surface area (Å²) in [6, 6.07) is 16.3. The highest BCUT2D eigenvalue weighted by atomic mass is 32.2. The number of rotatable bonds is 8. The molecule has 0 fully saturated rings. The average molecular weight is 335 g/mol. The Kier molecular flexibility index (Phi) is 6.15. The zero-order valence-corrected chi connectivity index (χ0v) is 13.8. The Morgan fingerprint density at radius 1 is 1.09 bits per heavy atom. The Labute approximate surface area is 137 Å². The van der Waals surface area contributed by atoms with Gasteiger partial charge >= 0.3 is 0 Å². The number of nitrogens with two attached hydrogens (primary N) is 1. The molecule has 0 saturated heterocycles. The van der Waals surface area contributed by atoms with E-state index < -0.39 is 15.9 Å². The monoisotopic (exact) mass is 335 g/mol. The largest absolute Gasteiger partial charge is 0.468 e. The van der Waals surface area contributed by atoms with Crippen molar-refractivity contribution >= 4 is 9.84 Å². The molecule has 2 aromatic carbocycles. The number of hydrogen-bond acceptors (Lipinski definition) is 5. The molecule has 1 unspecified atom stereocenters. The molecule has 0 amide bonds. The van der Waals surface area contributed by atoms with E-state index in [0.717, 1.165) is 11.1 Å². The lowest BCUT2D eigenvalue weighted by atomic mass is 10.1. The maximum Gasteiger partial charge on any atom is 0.189 e. The molecule has 0 spiro atoms. The molecule has 23 heavy (non-hydrogen) atoms. The second-order valence-electron chi connectivity index (χ2n) is 5.37. The smallest absolute Gasteiger partial charge is 0.189 e. The fraction of sp³-hybridized carbons (Fsp3) is 0.294. The van der Waals surface area contributed by atoms with Crippen LogP contribution in [0.2, 0.25) is 0 Å². The lowest BCUT2D eigenvalue weighted by molar-refractivity contribution is 0.00500. The van der Waals surface area contributed by atoms with E-state index in [0.29, 0.717) is 12.4 Å². The summed E-state index contributed by atoms with van der Waals surface area (Å²) in [6.45, 7) is 0.577. The first-order valence-electron chi connectivity index (χ1n) is 7.22. The van der Waals surface area contributed by atoms with E-state index in [1.54, 1.807) is 24.3 Å². The number of ether oxygens (including phenoxy) is 2. The summed E-state index contributed by atoms with van der Waals surface area (Å²) < 4.78 is 33.6. The first-order valence-corrected chi connectivity index (χ1v) is 9.28. The Hall–Kier alpha value is -1.89. The molecule has 0 aromatic heterocycles. The van der Waals surface area contributed by atoms with Gasteiger partial charge in [-0.25, -0.2) is 8.42 Å². The molecule has 124 valence electrons. The molecular formula is C17H21NO4S. The average Bonchev–Trinajstić information content (AvgIpc) is 2.51. The van der Waals surface area contributed by atoms with Crippen molar-refractivity contribution in [3.05, 3.63) is 65.7 Å². The summed E-state index contributed by atoms with van der Waals surface area (Å²) in [5, 5.41) is 0. The predicted molar refractivity (Wildman–Crippen MR) is 89.8 cm³/mol. The van der Waals surface area contributed by atoms with E-state index in [2.05, 4.69) is 0 Å². The van der Waals surface area contributed by atoms with Crippen molar-refractivity contribution in [1.29, 1.82) is 0 Å². The molecule has 0 aliphatic carbocycles. The summed E-state index contributed by atoms with van der Waals surface area (Å²) >= 11 is 0. The highest BCUT2D eigenvalue weighted by molar-refractivity contribution is 7.90. The van der Waals surface area contributed by atoms with Gasteiger partial charge in [0.2, 0.25) is 0 Å². The lowest BCUT2D eigenvalue weighted by Gasteiger charge is -2.13. The normalized spacial score (nSPS) is 12.8. The van der Waals surface area contributed by atoms with Crippen LogP contribution in [0, 0.1) is 0 Å². The van der Waals surface area contributed by atoms with Gasteiger partial charge in [-0.1, -0.05) is 42.5 Å². The maximum absolute atomic E-state index is 11.3. The zero-order valence-electron chi connectivity index (χ0n) is 13.0. The molecule has 0 bridgehead atoms. The van der Waals surface area contributed by atoms with Crippen LogP contribution < -0.4 is 10.5 Å². The van der Waals surface area contributed by atoms with Crippen molar-refractivity contribution in [2.24, 2.45) is 5.73 Å². The van der Waals surface area contributed by atoms with Crippen molar-refractivity contribution in [3.8, 4) is 5.75 Å². The van der Waals surface area contributed by atoms with E-state index >= 15 is 0 Å². The topological polar surface area (TPSA) is 78.6 Å². The molecule has 0 radical (unpaired) electrons. The van der Waals surface area contributed by atoms with Crippen molar-refractivity contribution < 1.29 is 17.9 Å². The SMILES string of the molecule is CS(=O)(=O)CC(N)c1cccc(OCOCc2ccccc2)c1. The van der Waals surface area contributed by atoms with Crippen LogP contribution in [-0.4, -0.2) is 27.2 Å². The highest BCUT2D eigenvalue weighted by Crippen LogP contribution is 2.19. The van der Waals surface area contributed by atoms with Gasteiger partial charge in [-0.2, -0.15) is 0 Å². The highest BCUT2D eigenvalue weighted by Gasteiger charge is 2.13. The van der Waals surface area contributed by atoms with E-state index in [1.165, 1.54) is 6.26 Å². The Morgan fingerprint density at radius 3 is 2.52 bits per heavy atom. The lowest BCUT2D eigenvalue weighted by Crippen LogP contribution is -2.20. The third-order valence-electron chi connectivity index (χ3n) is 3.19. The summed E-state index contributed by atoms with van der Waals surface area (Å²) in [5.41, 5.74) is 7.70. The van der Waals surface area contributed by atoms with Gasteiger partial charge in [0.1, 0.15) is 15.6 Å². The molecule has 0 aliphatic heterocycles. The maximum atomic E-state index is 11.3. The Morgan fingerprint density at radius 2 is 1.83 bits per heavy atom. The van der Waals surface area contributed by atoms with Gasteiger partial charge in [0, 0.05) is 12.3 Å². The van der Waals surface area contributed by atoms with E-state index in [-0.39, 0.29) is 12.5 Å². The molecule has 2 N–H and O–H groups in total. The van der Waals surface area contributed by atoms with Gasteiger partial charge in [0.05, 0.1) is 12.4 Å². The van der Waals surface area contributed by atoms with Crippen molar-refractivity contribution in [2.45, 2.75) is 12.6 Å². The van der Waals surface area contributed by atoms with Crippen molar-refractivity contribution in [3.63, 3.8) is 0 Å². The van der Waals surface area contributed by atoms with Gasteiger partial charge in [-0.3, -0.25) is 0 Å². The van der Waals surface area contributed by atoms with Gasteiger partial charge in [-0.05, 0) is 23.3 Å². The Balaban J connectivity index is 1.85. The standard InChI is InChI=1S/C17H21NO4S/c1-23(19,20)12-17(18)15-8-5-9-16(10-15)22-13-21-11-14-6-3-2-4-7-14/h2-10,17H,11-13,18H2,1H3. The molecule has 0 aliphatic rings. The first-order chi connectivity index (χ1) is 10.9. The number of sulfone groups is 1. The third-order valence-corrected chi connectivity index (χ3v) is 4.15. The third kappa shape index (κ3) is 6.40. The van der Waals surface area contributed by atoms with Crippen LogP contribution in [-0.2, 0) is 21.2 Å². The number of benzene rings is 2. The minimum Gasteiger partial charge on any atom is -0.468 e. The molecule has 1 atom stereocenters. The quantitative estimate of drug-likeness (QED) is 0.591. The molecular weight excluding hydrogens is 314 g/mol. The molecule has 6 heteroatoms. The fourth-order valence-electron chi connectivity index (χ4n) is 2.10. The van der Waals surface area contributed by atoms with Gasteiger partial charge < -0.3 is 15.2 Å². The van der Waals surface area contributed by atoms with Gasteiger partial charge in [-0.15, -0.1) is 0 Å². The first kappa shape index (κ1) is 17.5. The summed E-state index contributed by atoms with van der Waals surface area (Å²) in [4.78, 5) is 0. The summed E-state index contributed by atoms with van der Waals surface area (Å²) in [5.74, 6) is 0.501. The van der Waals surface area contributed by atoms with Crippen molar-refractivity contribution in [1.82, 2.24) is 0 Å². The Bertz CT molecular complexity index is 716. The minimum atomic E-state index is -3.13. The second kappa shape index (κ2) is 8.10. The number of hydrogen-bond donors (Lipinski definition) is 1. The van der Waals surface area contributed by atoms with Crippen LogP contribution in [0.3, 0.4) is 0 Å². The van der Waals surface area contributed by atoms with E-state index in [4.69, 9.17) is 15.2 Å². The summed E-state index contributed by atoms with van der Waals surface area (Å²) in [7, 11) is -3.13. The summed E-state index contributed by atoms with van der Waals surface area (Å²) in [6.07, 6.45) is 1.17. The van der Waals surface area contributed by atoms with Gasteiger partial charge in [0.25, 0.3) is 0 Å². The van der Waals surface area contributed by atoms with E-state index in [9.17, 15) is 8.42 Å². The van der Waals surface area contributed by atoms with E-state index in [1.807, 2.05) is 30.3 Å². The zero-order chi connectivity index (χ0) is 16.7. The van der Waals surface area contributed by atoms with Crippen LogP contribution >= 0.6 is 0 Å². The van der Waals surface area contributed by atoms with Crippen LogP contribution in [0.15, 0.2) is 54.6 Å². The minimum absolute atomic E-state index is 0.0963. The van der Waals surface area contributed by atoms with Crippen LogP contribution in [0.25, 0.3) is 0 Å². The molecule has 5 nitrogen and oxygen atoms in total. The van der Waals surface area contributed by atoms with Gasteiger partial charge in [0.15, 0.2) is 6.79 Å². The van der Waals surface area contributed by atoms with Crippen LogP contribution in [0.5, 0.6) is 5.75 Å². The molecule has 2 aromatic rings. The second-order valence-corrected chi connectivity index (χ2v) is 7.55. The molecule has 2 rings (SSSR count). The van der Waals surface area contributed by atoms with Crippen LogP contribution in [0.1, 0.15) is 17.2 Å². The molecule has 0 heterocycles. The fourth-order valence-corrected chi connectivity index (χ4v) is 2.95. The predicted octanol–water partition coefficient (Wildman–Crippen LogP) is 2.28. The van der Waals surface area contributed by atoms with Crippen molar-refractivity contribution in [2.75, 3.05) is 18.8 Å².